The molecule has 0 fully saturated rings. The zero-order valence-electron chi connectivity index (χ0n) is 18.7. The molecule has 0 aliphatic carbocycles. The Labute approximate surface area is 193 Å². The van der Waals surface area contributed by atoms with E-state index in [1.54, 1.807) is 0 Å². The second-order valence-electron chi connectivity index (χ2n) is 7.89. The average Bonchev–Trinajstić information content (AvgIpc) is 2.77. The van der Waals surface area contributed by atoms with Crippen LogP contribution >= 0.6 is 0 Å². The summed E-state index contributed by atoms with van der Waals surface area (Å²) in [4.78, 5) is 0. The normalized spacial score (nSPS) is 11.6. The van der Waals surface area contributed by atoms with Crippen LogP contribution in [0.4, 0.5) is 26.3 Å². The van der Waals surface area contributed by atoms with Crippen molar-refractivity contribution in [2.75, 3.05) is 0 Å². The highest BCUT2D eigenvalue weighted by molar-refractivity contribution is 5.73. The summed E-state index contributed by atoms with van der Waals surface area (Å²) < 4.78 is 93.0. The summed E-state index contributed by atoms with van der Waals surface area (Å²) in [6, 6.07) is 7.63. The third-order valence-corrected chi connectivity index (χ3v) is 5.53. The van der Waals surface area contributed by atoms with Gasteiger partial charge in [-0.2, -0.15) is 8.78 Å². The van der Waals surface area contributed by atoms with Crippen molar-refractivity contribution < 1.29 is 36.2 Å². The minimum atomic E-state index is -4.54. The van der Waals surface area contributed by atoms with E-state index in [9.17, 15) is 27.1 Å². The first-order valence-electron chi connectivity index (χ1n) is 10.9. The number of rotatable bonds is 9. The maximum absolute atomic E-state index is 15.2. The maximum atomic E-state index is 15.2. The van der Waals surface area contributed by atoms with Crippen LogP contribution < -0.4 is 4.74 Å². The van der Waals surface area contributed by atoms with Crippen LogP contribution in [0.15, 0.2) is 42.5 Å². The molecule has 0 heterocycles. The smallest absolute Gasteiger partial charge is 0.429 e. The topological polar surface area (TPSA) is 29.1 Å². The molecule has 3 rings (SSSR count). The van der Waals surface area contributed by atoms with Gasteiger partial charge < -0.3 is 4.74 Å². The van der Waals surface area contributed by atoms with Crippen LogP contribution in [-0.2, 0) is 24.1 Å². The second-order valence-corrected chi connectivity index (χ2v) is 7.89. The van der Waals surface area contributed by atoms with Crippen LogP contribution in [0.3, 0.4) is 0 Å². The summed E-state index contributed by atoms with van der Waals surface area (Å²) in [6.45, 7) is 3.78. The Kier molecular flexibility index (Phi) is 7.79. The van der Waals surface area contributed by atoms with Crippen molar-refractivity contribution >= 4 is 0 Å². The molecule has 0 unspecified atom stereocenters. The predicted molar refractivity (Wildman–Crippen MR) is 115 cm³/mol. The molecule has 8 heteroatoms. The lowest BCUT2D eigenvalue weighted by molar-refractivity contribution is -0.189. The molecule has 3 aromatic rings. The lowest BCUT2D eigenvalue weighted by Gasteiger charge is -2.21. The van der Waals surface area contributed by atoms with Crippen molar-refractivity contribution in [3.05, 3.63) is 82.4 Å². The lowest BCUT2D eigenvalue weighted by atomic mass is 9.96. The highest BCUT2D eigenvalue weighted by Crippen LogP contribution is 2.43. The van der Waals surface area contributed by atoms with Gasteiger partial charge in [0.05, 0.1) is 5.56 Å². The van der Waals surface area contributed by atoms with Crippen LogP contribution in [0.5, 0.6) is 11.5 Å². The molecular formula is C26H23F6O2. The van der Waals surface area contributed by atoms with E-state index in [0.29, 0.717) is 12.8 Å². The Balaban J connectivity index is 2.05. The molecule has 0 aliphatic heterocycles. The molecule has 0 N–H and O–H groups in total. The first-order valence-corrected chi connectivity index (χ1v) is 10.9. The molecule has 181 valence electrons. The van der Waals surface area contributed by atoms with Gasteiger partial charge in [-0.05, 0) is 42.5 Å². The largest absolute Gasteiger partial charge is 0.432 e. The quantitative estimate of drug-likeness (QED) is 0.223. The number of benzene rings is 3. The van der Waals surface area contributed by atoms with E-state index < -0.39 is 51.8 Å². The molecule has 0 spiro atoms. The zero-order valence-corrected chi connectivity index (χ0v) is 18.7. The van der Waals surface area contributed by atoms with Gasteiger partial charge in [0, 0.05) is 11.6 Å². The first kappa shape index (κ1) is 25.5. The van der Waals surface area contributed by atoms with Gasteiger partial charge >= 0.3 is 6.11 Å². The molecule has 2 nitrogen and oxygen atoms in total. The Bertz CT molecular complexity index is 1160. The van der Waals surface area contributed by atoms with E-state index in [-0.39, 0.29) is 23.8 Å². The zero-order chi connectivity index (χ0) is 25.0. The van der Waals surface area contributed by atoms with Crippen molar-refractivity contribution in [3.63, 3.8) is 0 Å². The lowest BCUT2D eigenvalue weighted by Crippen LogP contribution is -2.25. The third kappa shape index (κ3) is 5.16. The summed E-state index contributed by atoms with van der Waals surface area (Å²) in [5, 5.41) is 12.3. The predicted octanol–water partition coefficient (Wildman–Crippen LogP) is 8.48. The fourth-order valence-corrected chi connectivity index (χ4v) is 3.65. The van der Waals surface area contributed by atoms with Crippen LogP contribution in [0, 0.1) is 23.3 Å². The van der Waals surface area contributed by atoms with Gasteiger partial charge in [-0.3, -0.25) is 5.11 Å². The van der Waals surface area contributed by atoms with Crippen molar-refractivity contribution in [3.8, 4) is 22.6 Å². The molecular weight excluding hydrogens is 458 g/mol. The van der Waals surface area contributed by atoms with E-state index in [1.807, 2.05) is 13.8 Å². The summed E-state index contributed by atoms with van der Waals surface area (Å²) in [7, 11) is 0. The molecule has 0 amide bonds. The molecule has 0 aromatic heterocycles. The molecule has 34 heavy (non-hydrogen) atoms. The minimum absolute atomic E-state index is 0.00841. The standard InChI is InChI=1S/C26H23F6O2/c1-3-5-6-7-16-10-13-18(24(29)23(16)28)21-20(33)14-19(27)22(25(21)30)26(31,32)34-17-11-8-15(4-2)9-12-17/h8-14H,3-7H2,1-2H3. The monoisotopic (exact) mass is 481 g/mol. The Morgan fingerprint density at radius 2 is 1.53 bits per heavy atom. The minimum Gasteiger partial charge on any atom is -0.429 e. The summed E-state index contributed by atoms with van der Waals surface area (Å²) in [5.41, 5.74) is -3.11. The van der Waals surface area contributed by atoms with Crippen LogP contribution in [0.1, 0.15) is 49.8 Å². The highest BCUT2D eigenvalue weighted by Gasteiger charge is 2.43. The Morgan fingerprint density at radius 1 is 0.853 bits per heavy atom. The molecule has 3 aromatic carbocycles. The van der Waals surface area contributed by atoms with E-state index in [0.717, 1.165) is 30.5 Å². The number of unbranched alkanes of at least 4 members (excludes halogenated alkanes) is 2. The molecule has 0 bridgehead atoms. The number of ether oxygens (including phenoxy) is 1. The van der Waals surface area contributed by atoms with Crippen LogP contribution in [0.25, 0.3) is 11.1 Å². The number of alkyl halides is 2. The third-order valence-electron chi connectivity index (χ3n) is 5.53. The van der Waals surface area contributed by atoms with E-state index in [1.165, 1.54) is 24.3 Å². The average molecular weight is 481 g/mol. The molecule has 0 atom stereocenters. The number of hydrogen-bond donors (Lipinski definition) is 0. The van der Waals surface area contributed by atoms with E-state index in [2.05, 4.69) is 4.74 Å². The Morgan fingerprint density at radius 3 is 2.15 bits per heavy atom. The van der Waals surface area contributed by atoms with Crippen LogP contribution in [0.2, 0.25) is 0 Å². The van der Waals surface area contributed by atoms with Crippen molar-refractivity contribution in [1.82, 2.24) is 0 Å². The molecule has 0 saturated heterocycles. The molecule has 1 radical (unpaired) electrons. The van der Waals surface area contributed by atoms with E-state index in [4.69, 9.17) is 0 Å². The van der Waals surface area contributed by atoms with Crippen molar-refractivity contribution in [2.45, 2.75) is 52.1 Å². The number of hydrogen-bond acceptors (Lipinski definition) is 1. The van der Waals surface area contributed by atoms with Gasteiger partial charge in [-0.25, -0.2) is 17.6 Å². The van der Waals surface area contributed by atoms with E-state index >= 15 is 4.39 Å². The van der Waals surface area contributed by atoms with Gasteiger partial charge in [0.2, 0.25) is 0 Å². The highest BCUT2D eigenvalue weighted by atomic mass is 19.3. The van der Waals surface area contributed by atoms with Gasteiger partial charge in [-0.1, -0.05) is 51.0 Å². The SMILES string of the molecule is CCCCCc1ccc(-c2c([O])cc(F)c(C(F)(F)Oc3ccc(CC)cc3)c2F)c(F)c1F. The van der Waals surface area contributed by atoms with Gasteiger partial charge in [-0.15, -0.1) is 0 Å². The fraction of sp³-hybridized carbons (Fsp3) is 0.308. The van der Waals surface area contributed by atoms with Crippen LogP contribution in [-0.4, -0.2) is 0 Å². The molecule has 0 aliphatic rings. The number of aryl methyl sites for hydroxylation is 2. The van der Waals surface area contributed by atoms with Gasteiger partial charge in [0.1, 0.15) is 17.1 Å². The first-order chi connectivity index (χ1) is 16.1. The Hall–Kier alpha value is -3.16. The second kappa shape index (κ2) is 10.4. The molecule has 0 saturated carbocycles. The van der Waals surface area contributed by atoms with Crippen molar-refractivity contribution in [2.24, 2.45) is 0 Å². The summed E-state index contributed by atoms with van der Waals surface area (Å²) in [5.74, 6) is -8.53. The summed E-state index contributed by atoms with van der Waals surface area (Å²) >= 11 is 0. The maximum Gasteiger partial charge on any atom is 0.432 e. The summed E-state index contributed by atoms with van der Waals surface area (Å²) in [6.07, 6.45) is -1.49. The van der Waals surface area contributed by atoms with Crippen molar-refractivity contribution in [1.29, 1.82) is 0 Å². The number of halogens is 6. The van der Waals surface area contributed by atoms with Gasteiger partial charge in [0.25, 0.3) is 0 Å². The fourth-order valence-electron chi connectivity index (χ4n) is 3.65. The van der Waals surface area contributed by atoms with Gasteiger partial charge in [0.15, 0.2) is 23.2 Å².